The van der Waals surface area contributed by atoms with Gasteiger partial charge in [0.25, 0.3) is 5.56 Å². The Morgan fingerprint density at radius 3 is 2.47 bits per heavy atom. The molecular formula is C20H25N7O2S. The summed E-state index contributed by atoms with van der Waals surface area (Å²) in [5.74, 6) is 0.594. The first-order valence-electron chi connectivity index (χ1n) is 9.80. The number of hydrogen-bond donors (Lipinski definition) is 2. The SMILES string of the molecule is Cc1ccc(NC(=S)N2CCN(c3nc4c([nH]3)c(=O)n(C)c(=O)n4C)CC2)c(C)c1. The van der Waals surface area contributed by atoms with Crippen molar-refractivity contribution in [3.05, 3.63) is 50.2 Å². The molecule has 0 aliphatic carbocycles. The first-order chi connectivity index (χ1) is 14.3. The predicted molar refractivity (Wildman–Crippen MR) is 122 cm³/mol. The third kappa shape index (κ3) is 3.47. The van der Waals surface area contributed by atoms with Crippen molar-refractivity contribution in [1.82, 2.24) is 24.0 Å². The van der Waals surface area contributed by atoms with Gasteiger partial charge >= 0.3 is 5.69 Å². The van der Waals surface area contributed by atoms with Gasteiger partial charge in [-0.2, -0.15) is 4.98 Å². The highest BCUT2D eigenvalue weighted by molar-refractivity contribution is 7.80. The Labute approximate surface area is 178 Å². The number of H-pyrrole nitrogens is 1. The lowest BCUT2D eigenvalue weighted by atomic mass is 10.1. The van der Waals surface area contributed by atoms with Gasteiger partial charge in [-0.3, -0.25) is 13.9 Å². The van der Waals surface area contributed by atoms with Crippen molar-refractivity contribution < 1.29 is 0 Å². The summed E-state index contributed by atoms with van der Waals surface area (Å²) in [4.78, 5) is 36.3. The Morgan fingerprint density at radius 1 is 1.10 bits per heavy atom. The number of nitrogens with zero attached hydrogens (tertiary/aromatic N) is 5. The van der Waals surface area contributed by atoms with Gasteiger partial charge in [0, 0.05) is 46.0 Å². The average Bonchev–Trinajstić information content (AvgIpc) is 3.18. The molecule has 3 aromatic rings. The molecule has 0 unspecified atom stereocenters. The quantitative estimate of drug-likeness (QED) is 0.592. The Balaban J connectivity index is 1.47. The van der Waals surface area contributed by atoms with Gasteiger partial charge in [-0.1, -0.05) is 17.7 Å². The van der Waals surface area contributed by atoms with Gasteiger partial charge in [0.1, 0.15) is 0 Å². The van der Waals surface area contributed by atoms with E-state index in [2.05, 4.69) is 51.1 Å². The van der Waals surface area contributed by atoms with Crippen molar-refractivity contribution in [2.24, 2.45) is 14.1 Å². The van der Waals surface area contributed by atoms with Crippen LogP contribution in [-0.2, 0) is 14.1 Å². The highest BCUT2D eigenvalue weighted by Gasteiger charge is 2.23. The van der Waals surface area contributed by atoms with Crippen LogP contribution in [0.4, 0.5) is 11.6 Å². The first kappa shape index (κ1) is 20.1. The smallest absolute Gasteiger partial charge is 0.332 e. The number of hydrogen-bond acceptors (Lipinski definition) is 5. The van der Waals surface area contributed by atoms with E-state index in [9.17, 15) is 9.59 Å². The van der Waals surface area contributed by atoms with Crippen molar-refractivity contribution in [3.8, 4) is 0 Å². The van der Waals surface area contributed by atoms with Crippen LogP contribution in [0, 0.1) is 13.8 Å². The largest absolute Gasteiger partial charge is 0.345 e. The van der Waals surface area contributed by atoms with E-state index in [4.69, 9.17) is 12.2 Å². The maximum atomic E-state index is 12.4. The Bertz CT molecular complexity index is 1250. The number of aryl methyl sites for hydroxylation is 3. The van der Waals surface area contributed by atoms with E-state index in [1.807, 2.05) is 6.07 Å². The van der Waals surface area contributed by atoms with E-state index >= 15 is 0 Å². The third-order valence-electron chi connectivity index (χ3n) is 5.57. The van der Waals surface area contributed by atoms with Gasteiger partial charge < -0.3 is 20.1 Å². The molecule has 0 bridgehead atoms. The molecule has 10 heteroatoms. The molecule has 0 spiro atoms. The summed E-state index contributed by atoms with van der Waals surface area (Å²) in [6.45, 7) is 6.98. The molecule has 1 fully saturated rings. The first-order valence-corrected chi connectivity index (χ1v) is 10.2. The van der Waals surface area contributed by atoms with Gasteiger partial charge in [-0.15, -0.1) is 0 Å². The predicted octanol–water partition coefficient (Wildman–Crippen LogP) is 1.10. The van der Waals surface area contributed by atoms with Crippen LogP contribution in [-0.4, -0.2) is 55.3 Å². The monoisotopic (exact) mass is 427 g/mol. The molecule has 0 atom stereocenters. The second kappa shape index (κ2) is 7.60. The lowest BCUT2D eigenvalue weighted by Crippen LogP contribution is -2.50. The Kier molecular flexibility index (Phi) is 5.10. The van der Waals surface area contributed by atoms with Crippen LogP contribution in [0.5, 0.6) is 0 Å². The fourth-order valence-electron chi connectivity index (χ4n) is 3.73. The minimum absolute atomic E-state index is 0.337. The number of nitrogens with one attached hydrogen (secondary N) is 2. The highest BCUT2D eigenvalue weighted by Crippen LogP contribution is 2.19. The number of imidazole rings is 1. The molecule has 1 aromatic carbocycles. The van der Waals surface area contributed by atoms with Gasteiger partial charge in [-0.25, -0.2) is 4.79 Å². The van der Waals surface area contributed by atoms with Gasteiger partial charge in [0.2, 0.25) is 5.95 Å². The summed E-state index contributed by atoms with van der Waals surface area (Å²) in [5, 5.41) is 4.04. The van der Waals surface area contributed by atoms with Gasteiger partial charge in [-0.05, 0) is 37.7 Å². The van der Waals surface area contributed by atoms with E-state index in [0.717, 1.165) is 28.9 Å². The maximum Gasteiger partial charge on any atom is 0.332 e. The number of fused-ring (bicyclic) bond motifs is 1. The molecule has 30 heavy (non-hydrogen) atoms. The zero-order valence-corrected chi connectivity index (χ0v) is 18.3. The van der Waals surface area contributed by atoms with E-state index < -0.39 is 5.69 Å². The molecule has 0 amide bonds. The molecule has 1 aliphatic heterocycles. The molecule has 0 radical (unpaired) electrons. The molecule has 9 nitrogen and oxygen atoms in total. The van der Waals surface area contributed by atoms with Crippen LogP contribution in [0.15, 0.2) is 27.8 Å². The number of rotatable bonds is 2. The minimum atomic E-state index is -0.391. The van der Waals surface area contributed by atoms with Gasteiger partial charge in [0.05, 0.1) is 0 Å². The topological polar surface area (TPSA) is 91.2 Å². The van der Waals surface area contributed by atoms with Crippen molar-refractivity contribution in [2.45, 2.75) is 13.8 Å². The summed E-state index contributed by atoms with van der Waals surface area (Å²) >= 11 is 5.61. The number of aromatic amines is 1. The molecule has 2 N–H and O–H groups in total. The number of anilines is 2. The summed E-state index contributed by atoms with van der Waals surface area (Å²) in [7, 11) is 3.08. The van der Waals surface area contributed by atoms with Crippen molar-refractivity contribution in [2.75, 3.05) is 36.4 Å². The zero-order chi connectivity index (χ0) is 21.6. The number of piperazine rings is 1. The third-order valence-corrected chi connectivity index (χ3v) is 5.93. The molecular weight excluding hydrogens is 402 g/mol. The van der Waals surface area contributed by atoms with Crippen LogP contribution in [0.3, 0.4) is 0 Å². The summed E-state index contributed by atoms with van der Waals surface area (Å²) in [5.41, 5.74) is 3.34. The van der Waals surface area contributed by atoms with Crippen molar-refractivity contribution >= 4 is 40.1 Å². The standard InChI is InChI=1S/C20H25N7O2S/c1-12-5-6-14(13(2)11-12)21-19(30)27-9-7-26(8-10-27)18-22-15-16(23-18)24(3)20(29)25(4)17(15)28/h5-6,11H,7-10H2,1-4H3,(H,21,30)(H,22,23). The zero-order valence-electron chi connectivity index (χ0n) is 17.5. The molecule has 0 saturated carbocycles. The average molecular weight is 428 g/mol. The number of benzene rings is 1. The van der Waals surface area contributed by atoms with E-state index in [-0.39, 0.29) is 5.56 Å². The molecule has 3 heterocycles. The second-order valence-corrected chi connectivity index (χ2v) is 8.07. The second-order valence-electron chi connectivity index (χ2n) is 7.69. The van der Waals surface area contributed by atoms with E-state index in [0.29, 0.717) is 35.3 Å². The normalized spacial score (nSPS) is 14.4. The van der Waals surface area contributed by atoms with E-state index in [1.165, 1.54) is 17.2 Å². The number of aromatic nitrogens is 4. The van der Waals surface area contributed by atoms with Crippen molar-refractivity contribution in [1.29, 1.82) is 0 Å². The minimum Gasteiger partial charge on any atom is -0.345 e. The van der Waals surface area contributed by atoms with Gasteiger partial charge in [0.15, 0.2) is 16.3 Å². The molecule has 158 valence electrons. The number of thiocarbonyl (C=S) groups is 1. The van der Waals surface area contributed by atoms with Crippen LogP contribution in [0.25, 0.3) is 11.2 Å². The van der Waals surface area contributed by atoms with Crippen LogP contribution in [0.2, 0.25) is 0 Å². The summed E-state index contributed by atoms with van der Waals surface area (Å²) in [6.07, 6.45) is 0. The van der Waals surface area contributed by atoms with E-state index in [1.54, 1.807) is 7.05 Å². The molecule has 1 saturated heterocycles. The van der Waals surface area contributed by atoms with Crippen LogP contribution in [0.1, 0.15) is 11.1 Å². The summed E-state index contributed by atoms with van der Waals surface area (Å²) < 4.78 is 2.47. The maximum absolute atomic E-state index is 12.4. The highest BCUT2D eigenvalue weighted by atomic mass is 32.1. The van der Waals surface area contributed by atoms with Crippen LogP contribution < -0.4 is 21.5 Å². The Morgan fingerprint density at radius 2 is 1.80 bits per heavy atom. The molecule has 4 rings (SSSR count). The fraction of sp³-hybridized carbons (Fsp3) is 0.400. The lowest BCUT2D eigenvalue weighted by Gasteiger charge is -2.36. The lowest BCUT2D eigenvalue weighted by molar-refractivity contribution is 0.388. The fourth-order valence-corrected chi connectivity index (χ4v) is 4.03. The Hall–Kier alpha value is -3.14. The molecule has 1 aliphatic rings. The van der Waals surface area contributed by atoms with Crippen LogP contribution >= 0.6 is 12.2 Å². The molecule has 2 aromatic heterocycles. The van der Waals surface area contributed by atoms with Crippen molar-refractivity contribution in [3.63, 3.8) is 0 Å². The summed E-state index contributed by atoms with van der Waals surface area (Å²) in [6, 6.07) is 6.24.